The maximum absolute atomic E-state index is 9.12. The molecule has 1 aliphatic carbocycles. The van der Waals surface area contributed by atoms with E-state index in [0.29, 0.717) is 25.2 Å². The Morgan fingerprint density at radius 3 is 2.74 bits per heavy atom. The maximum atomic E-state index is 9.12. The molecule has 1 aliphatic rings. The van der Waals surface area contributed by atoms with Gasteiger partial charge in [0.25, 0.3) is 0 Å². The fourth-order valence-corrected chi connectivity index (χ4v) is 3.54. The van der Waals surface area contributed by atoms with Crippen molar-refractivity contribution in [3.8, 4) is 0 Å². The zero-order valence-electron chi connectivity index (χ0n) is 10.9. The summed E-state index contributed by atoms with van der Waals surface area (Å²) in [4.78, 5) is 4.58. The van der Waals surface area contributed by atoms with E-state index in [1.54, 1.807) is 11.3 Å². The van der Waals surface area contributed by atoms with Gasteiger partial charge < -0.3 is 9.84 Å². The summed E-state index contributed by atoms with van der Waals surface area (Å²) in [7, 11) is 0. The number of aliphatic hydroxyl groups excluding tert-OH is 1. The normalized spacial score (nSPS) is 23.8. The maximum Gasteiger partial charge on any atom is 0.120 e. The van der Waals surface area contributed by atoms with Crippen LogP contribution < -0.4 is 0 Å². The first-order chi connectivity index (χ1) is 9.35. The number of para-hydroxylation sites is 1. The molecule has 1 heterocycles. The molecular formula is C15H19NO2S. The van der Waals surface area contributed by atoms with Gasteiger partial charge >= 0.3 is 0 Å². The molecule has 0 bridgehead atoms. The van der Waals surface area contributed by atoms with E-state index in [4.69, 9.17) is 9.84 Å². The van der Waals surface area contributed by atoms with Gasteiger partial charge in [0, 0.05) is 6.61 Å². The van der Waals surface area contributed by atoms with Crippen molar-refractivity contribution in [3.05, 3.63) is 29.3 Å². The fraction of sp³-hybridized carbons (Fsp3) is 0.533. The van der Waals surface area contributed by atoms with Gasteiger partial charge in [-0.05, 0) is 43.7 Å². The van der Waals surface area contributed by atoms with Crippen molar-refractivity contribution in [2.24, 2.45) is 5.92 Å². The van der Waals surface area contributed by atoms with Crippen LogP contribution in [0.4, 0.5) is 0 Å². The van der Waals surface area contributed by atoms with Crippen molar-refractivity contribution in [1.29, 1.82) is 0 Å². The summed E-state index contributed by atoms with van der Waals surface area (Å²) in [6.07, 6.45) is 4.64. The van der Waals surface area contributed by atoms with E-state index >= 15 is 0 Å². The number of hydrogen-bond donors (Lipinski definition) is 1. The van der Waals surface area contributed by atoms with Gasteiger partial charge in [0.2, 0.25) is 0 Å². The van der Waals surface area contributed by atoms with Crippen molar-refractivity contribution in [2.45, 2.75) is 38.4 Å². The summed E-state index contributed by atoms with van der Waals surface area (Å²) in [5, 5.41) is 10.2. The second-order valence-corrected chi connectivity index (χ2v) is 6.33. The lowest BCUT2D eigenvalue weighted by Crippen LogP contribution is -2.23. The van der Waals surface area contributed by atoms with Crippen molar-refractivity contribution >= 4 is 21.6 Å². The van der Waals surface area contributed by atoms with Crippen LogP contribution in [0.5, 0.6) is 0 Å². The molecule has 0 radical (unpaired) electrons. The van der Waals surface area contributed by atoms with Crippen molar-refractivity contribution in [3.63, 3.8) is 0 Å². The number of thiazole rings is 1. The van der Waals surface area contributed by atoms with Crippen LogP contribution in [0, 0.1) is 5.92 Å². The summed E-state index contributed by atoms with van der Waals surface area (Å²) in [5.74, 6) is 0.488. The third kappa shape index (κ3) is 3.14. The van der Waals surface area contributed by atoms with Crippen LogP contribution >= 0.6 is 11.3 Å². The molecule has 0 aliphatic heterocycles. The average Bonchev–Trinajstić information content (AvgIpc) is 2.88. The van der Waals surface area contributed by atoms with Crippen LogP contribution in [0.3, 0.4) is 0 Å². The van der Waals surface area contributed by atoms with Crippen LogP contribution in [0.2, 0.25) is 0 Å². The van der Waals surface area contributed by atoms with E-state index < -0.39 is 0 Å². The summed E-state index contributed by atoms with van der Waals surface area (Å²) in [6.45, 7) is 0.943. The number of nitrogens with zero attached hydrogens (tertiary/aromatic N) is 1. The standard InChI is InChI=1S/C15H19NO2S/c17-9-11-5-7-12(8-6-11)18-10-15-16-13-3-1-2-4-14(13)19-15/h1-4,11-12,17H,5-10H2. The number of rotatable bonds is 4. The lowest BCUT2D eigenvalue weighted by molar-refractivity contribution is 0.00120. The van der Waals surface area contributed by atoms with E-state index in [0.717, 1.165) is 36.2 Å². The molecule has 0 saturated heterocycles. The van der Waals surface area contributed by atoms with Gasteiger partial charge in [0.1, 0.15) is 5.01 Å². The van der Waals surface area contributed by atoms with Crippen molar-refractivity contribution < 1.29 is 9.84 Å². The predicted octanol–water partition coefficient (Wildman–Crippen LogP) is 3.36. The number of fused-ring (bicyclic) bond motifs is 1. The quantitative estimate of drug-likeness (QED) is 0.931. The molecule has 1 saturated carbocycles. The largest absolute Gasteiger partial charge is 0.396 e. The number of hydrogen-bond acceptors (Lipinski definition) is 4. The average molecular weight is 277 g/mol. The Balaban J connectivity index is 1.55. The van der Waals surface area contributed by atoms with E-state index in [9.17, 15) is 0 Å². The van der Waals surface area contributed by atoms with Crippen LogP contribution in [0.15, 0.2) is 24.3 Å². The van der Waals surface area contributed by atoms with Gasteiger partial charge in [-0.3, -0.25) is 0 Å². The Morgan fingerprint density at radius 1 is 1.21 bits per heavy atom. The van der Waals surface area contributed by atoms with Gasteiger partial charge in [-0.25, -0.2) is 4.98 Å². The van der Waals surface area contributed by atoms with E-state index in [-0.39, 0.29) is 0 Å². The smallest absolute Gasteiger partial charge is 0.120 e. The van der Waals surface area contributed by atoms with Crippen LogP contribution in [-0.4, -0.2) is 22.8 Å². The third-order valence-electron chi connectivity index (χ3n) is 3.83. The number of benzene rings is 1. The third-order valence-corrected chi connectivity index (χ3v) is 4.84. The molecule has 2 aromatic rings. The molecule has 0 atom stereocenters. The lowest BCUT2D eigenvalue weighted by Gasteiger charge is -2.26. The summed E-state index contributed by atoms with van der Waals surface area (Å²) < 4.78 is 7.18. The van der Waals surface area contributed by atoms with Crippen molar-refractivity contribution in [2.75, 3.05) is 6.61 Å². The molecule has 19 heavy (non-hydrogen) atoms. The Labute approximate surface area is 117 Å². The Morgan fingerprint density at radius 2 is 2.00 bits per heavy atom. The zero-order chi connectivity index (χ0) is 13.1. The molecule has 3 nitrogen and oxygen atoms in total. The van der Waals surface area contributed by atoms with Gasteiger partial charge in [-0.2, -0.15) is 0 Å². The Kier molecular flexibility index (Phi) is 4.11. The van der Waals surface area contributed by atoms with E-state index in [1.165, 1.54) is 4.70 Å². The van der Waals surface area contributed by atoms with Gasteiger partial charge in [-0.15, -0.1) is 11.3 Å². The number of aliphatic hydroxyl groups is 1. The summed E-state index contributed by atoms with van der Waals surface area (Å²) in [5.41, 5.74) is 1.06. The fourth-order valence-electron chi connectivity index (χ4n) is 2.65. The molecule has 0 amide bonds. The molecule has 1 aromatic heterocycles. The highest BCUT2D eigenvalue weighted by atomic mass is 32.1. The SMILES string of the molecule is OCC1CCC(OCc2nc3ccccc3s2)CC1. The summed E-state index contributed by atoms with van der Waals surface area (Å²) >= 11 is 1.71. The molecule has 1 aromatic carbocycles. The minimum atomic E-state index is 0.324. The second-order valence-electron chi connectivity index (χ2n) is 5.21. The topological polar surface area (TPSA) is 42.4 Å². The lowest BCUT2D eigenvalue weighted by atomic mass is 9.88. The highest BCUT2D eigenvalue weighted by Gasteiger charge is 2.21. The molecule has 0 unspecified atom stereocenters. The van der Waals surface area contributed by atoms with Gasteiger partial charge in [0.05, 0.1) is 22.9 Å². The Hall–Kier alpha value is -0.970. The summed E-state index contributed by atoms with van der Waals surface area (Å²) in [6, 6.07) is 8.20. The van der Waals surface area contributed by atoms with Crippen molar-refractivity contribution in [1.82, 2.24) is 4.98 Å². The highest BCUT2D eigenvalue weighted by molar-refractivity contribution is 7.18. The highest BCUT2D eigenvalue weighted by Crippen LogP contribution is 2.27. The molecule has 0 spiro atoms. The zero-order valence-corrected chi connectivity index (χ0v) is 11.7. The van der Waals surface area contributed by atoms with Crippen LogP contribution in [-0.2, 0) is 11.3 Å². The van der Waals surface area contributed by atoms with Crippen LogP contribution in [0.25, 0.3) is 10.2 Å². The minimum Gasteiger partial charge on any atom is -0.396 e. The molecule has 1 fully saturated rings. The minimum absolute atomic E-state index is 0.324. The van der Waals surface area contributed by atoms with Gasteiger partial charge in [0.15, 0.2) is 0 Å². The first kappa shape index (κ1) is 13.0. The first-order valence-electron chi connectivity index (χ1n) is 6.92. The predicted molar refractivity (Wildman–Crippen MR) is 77.2 cm³/mol. The molecular weight excluding hydrogens is 258 g/mol. The first-order valence-corrected chi connectivity index (χ1v) is 7.73. The Bertz CT molecular complexity index is 499. The molecule has 1 N–H and O–H groups in total. The number of aromatic nitrogens is 1. The molecule has 3 rings (SSSR count). The van der Waals surface area contributed by atoms with Gasteiger partial charge in [-0.1, -0.05) is 12.1 Å². The monoisotopic (exact) mass is 277 g/mol. The number of ether oxygens (including phenoxy) is 1. The molecule has 4 heteroatoms. The van der Waals surface area contributed by atoms with Crippen LogP contribution in [0.1, 0.15) is 30.7 Å². The van der Waals surface area contributed by atoms with E-state index in [2.05, 4.69) is 11.1 Å². The molecule has 102 valence electrons. The van der Waals surface area contributed by atoms with E-state index in [1.807, 2.05) is 18.2 Å². The second kappa shape index (κ2) is 5.99.